The molecule has 0 unspecified atom stereocenters. The molecule has 23 heavy (non-hydrogen) atoms. The molecular weight excluding hydrogens is 385 g/mol. The summed E-state index contributed by atoms with van der Waals surface area (Å²) in [6.07, 6.45) is 4.51. The Hall–Kier alpha value is -1.45. The molecule has 114 valence electrons. The summed E-state index contributed by atoms with van der Waals surface area (Å²) >= 11 is 4.26. The van der Waals surface area contributed by atoms with E-state index in [1.165, 1.54) is 29.4 Å². The average Bonchev–Trinajstić information content (AvgIpc) is 3.30. The monoisotopic (exact) mass is 402 g/mol. The Morgan fingerprint density at radius 3 is 2.74 bits per heavy atom. The molecule has 0 N–H and O–H groups in total. The van der Waals surface area contributed by atoms with Crippen molar-refractivity contribution < 1.29 is 4.57 Å². The number of nitrogens with zero attached hydrogens (tertiary/aromatic N) is 1. The third-order valence-electron chi connectivity index (χ3n) is 3.73. The summed E-state index contributed by atoms with van der Waals surface area (Å²) in [7, 11) is 0. The zero-order chi connectivity index (χ0) is 15.6. The number of hydrogen-bond acceptors (Lipinski definition) is 2. The summed E-state index contributed by atoms with van der Waals surface area (Å²) in [5, 5.41) is 1.31. The number of thiazole rings is 1. The van der Waals surface area contributed by atoms with E-state index >= 15 is 0 Å². The van der Waals surface area contributed by atoms with E-state index in [0.29, 0.717) is 14.5 Å². The fraction of sp³-hybridized carbons (Fsp3) is 0.105. The molecule has 3 heterocycles. The van der Waals surface area contributed by atoms with Crippen LogP contribution in [0, 0.1) is 0 Å². The van der Waals surface area contributed by atoms with Gasteiger partial charge in [-0.25, -0.2) is 0 Å². The van der Waals surface area contributed by atoms with Gasteiger partial charge in [-0.3, -0.25) is 0 Å². The van der Waals surface area contributed by atoms with Gasteiger partial charge in [0, 0.05) is 0 Å². The summed E-state index contributed by atoms with van der Waals surface area (Å²) < 4.78 is 5.23. The second-order valence-corrected chi connectivity index (χ2v) is 9.33. The van der Waals surface area contributed by atoms with Crippen LogP contribution in [0.2, 0.25) is 0 Å². The first-order valence-corrected chi connectivity index (χ1v) is 11.1. The van der Waals surface area contributed by atoms with Gasteiger partial charge in [0.05, 0.1) is 0 Å². The van der Waals surface area contributed by atoms with Crippen LogP contribution < -0.4 is 4.57 Å². The maximum absolute atomic E-state index is 2.39. The number of thiophene rings is 1. The van der Waals surface area contributed by atoms with Crippen LogP contribution in [-0.2, 0) is 6.54 Å². The molecule has 4 rings (SSSR count). The SMILES string of the molecule is CC[n+]1c(/C=C/c2ccc(-c3ccc[se]3)s2)sc2ccccc21. The second-order valence-electron chi connectivity index (χ2n) is 5.16. The van der Waals surface area contributed by atoms with Crippen LogP contribution in [0.1, 0.15) is 16.8 Å². The minimum absolute atomic E-state index is 0.516. The molecule has 0 spiro atoms. The van der Waals surface area contributed by atoms with Gasteiger partial charge >= 0.3 is 150 Å². The number of hydrogen-bond donors (Lipinski definition) is 0. The van der Waals surface area contributed by atoms with Crippen LogP contribution in [0.15, 0.2) is 53.5 Å². The van der Waals surface area contributed by atoms with Gasteiger partial charge in [-0.05, 0) is 0 Å². The predicted octanol–water partition coefficient (Wildman–Crippen LogP) is 5.16. The molecule has 0 saturated carbocycles. The van der Waals surface area contributed by atoms with Crippen molar-refractivity contribution >= 4 is 59.5 Å². The Morgan fingerprint density at radius 2 is 1.91 bits per heavy atom. The Morgan fingerprint density at radius 1 is 1.00 bits per heavy atom. The minimum atomic E-state index is 0.516. The molecule has 0 aliphatic carbocycles. The number of aromatic nitrogens is 1. The number of benzene rings is 1. The van der Waals surface area contributed by atoms with E-state index in [0.717, 1.165) is 6.54 Å². The molecule has 0 aliphatic rings. The van der Waals surface area contributed by atoms with Crippen molar-refractivity contribution in [3.63, 3.8) is 0 Å². The van der Waals surface area contributed by atoms with Crippen molar-refractivity contribution in [3.8, 4) is 9.31 Å². The molecule has 0 aliphatic heterocycles. The molecule has 0 saturated heterocycles. The third-order valence-corrected chi connectivity index (χ3v) is 8.13. The number of fused-ring (bicyclic) bond motifs is 1. The van der Waals surface area contributed by atoms with Gasteiger partial charge in [0.1, 0.15) is 0 Å². The van der Waals surface area contributed by atoms with E-state index in [1.54, 1.807) is 0 Å². The normalized spacial score (nSPS) is 11.7. The molecule has 0 amide bonds. The molecular formula is C19H16NS2Se+. The van der Waals surface area contributed by atoms with Crippen LogP contribution in [0.5, 0.6) is 0 Å². The first-order chi connectivity index (χ1) is 11.3. The van der Waals surface area contributed by atoms with E-state index in [1.807, 2.05) is 22.7 Å². The molecule has 0 bridgehead atoms. The van der Waals surface area contributed by atoms with Gasteiger partial charge in [0.25, 0.3) is 0 Å². The number of rotatable bonds is 4. The molecule has 0 atom stereocenters. The quantitative estimate of drug-likeness (QED) is 0.328. The van der Waals surface area contributed by atoms with Crippen LogP contribution in [-0.4, -0.2) is 14.5 Å². The molecule has 4 heteroatoms. The second kappa shape index (κ2) is 6.58. The van der Waals surface area contributed by atoms with Crippen molar-refractivity contribution in [2.75, 3.05) is 0 Å². The number of aryl methyl sites for hydroxylation is 1. The van der Waals surface area contributed by atoms with E-state index in [2.05, 4.69) is 77.1 Å². The Balaban J connectivity index is 1.66. The van der Waals surface area contributed by atoms with Crippen LogP contribution >= 0.6 is 22.7 Å². The average molecular weight is 401 g/mol. The van der Waals surface area contributed by atoms with Gasteiger partial charge in [-0.1, -0.05) is 0 Å². The Kier molecular flexibility index (Phi) is 4.32. The van der Waals surface area contributed by atoms with Crippen LogP contribution in [0.25, 0.3) is 31.7 Å². The molecule has 4 aromatic rings. The van der Waals surface area contributed by atoms with Gasteiger partial charge in [0.15, 0.2) is 0 Å². The van der Waals surface area contributed by atoms with E-state index < -0.39 is 0 Å². The number of para-hydroxylation sites is 1. The molecule has 0 fully saturated rings. The fourth-order valence-corrected chi connectivity index (χ4v) is 6.48. The summed E-state index contributed by atoms with van der Waals surface area (Å²) in [5.74, 6) is 0. The molecule has 1 aromatic carbocycles. The van der Waals surface area contributed by atoms with Crippen molar-refractivity contribution in [2.24, 2.45) is 0 Å². The van der Waals surface area contributed by atoms with Crippen molar-refractivity contribution in [3.05, 3.63) is 63.4 Å². The topological polar surface area (TPSA) is 3.88 Å². The van der Waals surface area contributed by atoms with Gasteiger partial charge in [-0.2, -0.15) is 0 Å². The Bertz CT molecular complexity index is 961. The van der Waals surface area contributed by atoms with E-state index in [9.17, 15) is 0 Å². The summed E-state index contributed by atoms with van der Waals surface area (Å²) in [5.41, 5.74) is 1.33. The Labute approximate surface area is 149 Å². The van der Waals surface area contributed by atoms with E-state index in [-0.39, 0.29) is 0 Å². The van der Waals surface area contributed by atoms with Crippen molar-refractivity contribution in [1.29, 1.82) is 0 Å². The fourth-order valence-electron chi connectivity index (χ4n) is 2.65. The summed E-state index contributed by atoms with van der Waals surface area (Å²) in [6.45, 7) is 3.21. The summed E-state index contributed by atoms with van der Waals surface area (Å²) in [4.78, 5) is 5.01. The first kappa shape index (κ1) is 15.1. The molecule has 1 nitrogen and oxygen atoms in total. The predicted molar refractivity (Wildman–Crippen MR) is 103 cm³/mol. The van der Waals surface area contributed by atoms with Gasteiger partial charge in [0.2, 0.25) is 0 Å². The maximum atomic E-state index is 2.39. The first-order valence-electron chi connectivity index (χ1n) is 7.58. The zero-order valence-electron chi connectivity index (χ0n) is 12.7. The standard InChI is InChI=1S/C19H16NS2Se/c1-2-20-15-6-3-4-7-16(15)22-19(20)12-10-14-9-11-17(21-14)18-8-5-13-23-18/h3-13H,2H2,1H3/q+1/b12-10+. The van der Waals surface area contributed by atoms with Gasteiger partial charge < -0.3 is 0 Å². The molecule has 3 aromatic heterocycles. The van der Waals surface area contributed by atoms with Crippen LogP contribution in [0.3, 0.4) is 0 Å². The molecule has 0 radical (unpaired) electrons. The van der Waals surface area contributed by atoms with Gasteiger partial charge in [-0.15, -0.1) is 0 Å². The van der Waals surface area contributed by atoms with Crippen LogP contribution in [0.4, 0.5) is 0 Å². The van der Waals surface area contributed by atoms with Crippen molar-refractivity contribution in [2.45, 2.75) is 13.5 Å². The third kappa shape index (κ3) is 3.00. The zero-order valence-corrected chi connectivity index (χ0v) is 16.1. The summed E-state index contributed by atoms with van der Waals surface area (Å²) in [6, 6.07) is 17.5. The van der Waals surface area contributed by atoms with E-state index in [4.69, 9.17) is 0 Å². The van der Waals surface area contributed by atoms with Crippen molar-refractivity contribution in [1.82, 2.24) is 0 Å².